The van der Waals surface area contributed by atoms with Crippen LogP contribution in [0.5, 0.6) is 0 Å². The van der Waals surface area contributed by atoms with Gasteiger partial charge in [0.05, 0.1) is 26.2 Å². The lowest BCUT2D eigenvalue weighted by molar-refractivity contribution is -0.929. The van der Waals surface area contributed by atoms with Crippen molar-refractivity contribution in [3.63, 3.8) is 0 Å². The maximum absolute atomic E-state index is 2.54. The lowest BCUT2D eigenvalue weighted by Gasteiger charge is -2.55. The molecule has 9 rings (SSSR count). The lowest BCUT2D eigenvalue weighted by Crippen LogP contribution is -2.53. The molecule has 56 heavy (non-hydrogen) atoms. The van der Waals surface area contributed by atoms with Crippen LogP contribution >= 0.6 is 0 Å². The summed E-state index contributed by atoms with van der Waals surface area (Å²) in [5, 5.41) is 8.90. The Kier molecular flexibility index (Phi) is 11.8. The Bertz CT molecular complexity index is 2010. The fraction of sp³-hybridized carbons (Fsp3) is 0.444. The molecule has 0 amide bonds. The second-order valence-electron chi connectivity index (χ2n) is 18.4. The maximum atomic E-state index is 2.54. The highest BCUT2D eigenvalue weighted by atomic mass is 15.3. The normalized spacial score (nSPS) is 19.1. The molecule has 0 fully saturated rings. The zero-order chi connectivity index (χ0) is 38.7. The molecule has 3 aliphatic carbocycles. The van der Waals surface area contributed by atoms with E-state index in [2.05, 4.69) is 144 Å². The number of benzene rings is 6. The predicted molar refractivity (Wildman–Crippen MR) is 247 cm³/mol. The van der Waals surface area contributed by atoms with E-state index in [-0.39, 0.29) is 0 Å². The van der Waals surface area contributed by atoms with Crippen LogP contribution < -0.4 is 0 Å². The van der Waals surface area contributed by atoms with Gasteiger partial charge in [-0.15, -0.1) is 17.5 Å². The van der Waals surface area contributed by atoms with Gasteiger partial charge in [-0.2, -0.15) is 6.32 Å². The summed E-state index contributed by atoms with van der Waals surface area (Å²) in [5.74, 6) is 1.67. The van der Waals surface area contributed by atoms with Crippen LogP contribution in [0.3, 0.4) is 0 Å². The molecule has 3 atom stereocenters. The summed E-state index contributed by atoms with van der Waals surface area (Å²) in [4.78, 5) is 0. The van der Waals surface area contributed by atoms with E-state index < -0.39 is 6.15 Å². The summed E-state index contributed by atoms with van der Waals surface area (Å²) in [6, 6.07) is 42.5. The van der Waals surface area contributed by atoms with Gasteiger partial charge in [-0.1, -0.05) is 205 Å². The fourth-order valence-corrected chi connectivity index (χ4v) is 12.8. The van der Waals surface area contributed by atoms with E-state index in [9.17, 15) is 0 Å². The fourth-order valence-electron chi connectivity index (χ4n) is 12.8. The molecule has 6 aromatic carbocycles. The molecule has 0 saturated carbocycles. The summed E-state index contributed by atoms with van der Waals surface area (Å²) >= 11 is 0. The van der Waals surface area contributed by atoms with Gasteiger partial charge in [0.1, 0.15) is 0 Å². The third-order valence-corrected chi connectivity index (χ3v) is 15.5. The third-order valence-electron chi connectivity index (χ3n) is 15.5. The minimum absolute atomic E-state index is 0.556. The highest BCUT2D eigenvalue weighted by Gasteiger charge is 2.50. The van der Waals surface area contributed by atoms with Crippen LogP contribution in [0.25, 0.3) is 32.3 Å². The molecule has 6 aromatic rings. The molecule has 0 bridgehead atoms. The second kappa shape index (κ2) is 16.9. The summed E-state index contributed by atoms with van der Waals surface area (Å²) in [5.41, 5.74) is 9.56. The zero-order valence-corrected chi connectivity index (χ0v) is 35.5. The van der Waals surface area contributed by atoms with Crippen LogP contribution in [-0.2, 0) is 19.3 Å². The van der Waals surface area contributed by atoms with Gasteiger partial charge >= 0.3 is 0 Å². The first-order valence-corrected chi connectivity index (χ1v) is 23.1. The van der Waals surface area contributed by atoms with Gasteiger partial charge in [0.2, 0.25) is 0 Å². The number of quaternary nitrogens is 1. The number of rotatable bonds is 16. The van der Waals surface area contributed by atoms with Crippen LogP contribution in [-0.4, -0.2) is 36.8 Å². The Balaban J connectivity index is 0.000000222. The molecule has 0 saturated heterocycles. The monoisotopic (exact) mass is 742 g/mol. The first-order valence-electron chi connectivity index (χ1n) is 23.1. The molecule has 3 unspecified atom stereocenters. The Morgan fingerprint density at radius 1 is 0.411 bits per heavy atom. The van der Waals surface area contributed by atoms with Gasteiger partial charge in [-0.25, -0.2) is 0 Å². The van der Waals surface area contributed by atoms with E-state index in [0.29, 0.717) is 17.5 Å². The Morgan fingerprint density at radius 2 is 0.696 bits per heavy atom. The lowest BCUT2D eigenvalue weighted by atomic mass is 9.06. The molecule has 3 aliphatic rings. The number of nitrogens with zero attached hydrogens (tertiary/aromatic N) is 1. The molecule has 292 valence electrons. The number of unbranched alkanes of at least 4 members (excludes halogenated alkanes) is 4. The molecular formula is C54H68BN. The first kappa shape index (κ1) is 39.0. The van der Waals surface area contributed by atoms with E-state index in [0.717, 1.165) is 0 Å². The van der Waals surface area contributed by atoms with Crippen LogP contribution in [0.1, 0.15) is 137 Å². The third kappa shape index (κ3) is 6.83. The van der Waals surface area contributed by atoms with Crippen molar-refractivity contribution in [2.45, 2.75) is 129 Å². The Labute approximate surface area is 339 Å². The molecule has 0 spiro atoms. The van der Waals surface area contributed by atoms with Crippen molar-refractivity contribution in [1.29, 1.82) is 0 Å². The predicted octanol–water partition coefficient (Wildman–Crippen LogP) is 14.6. The van der Waals surface area contributed by atoms with E-state index in [4.69, 9.17) is 0 Å². The van der Waals surface area contributed by atoms with E-state index in [1.165, 1.54) is 124 Å². The standard InChI is InChI=1S/C38H32B.C16H36N/c1-2-39(33-21-27-15-3-9-24-12-6-18-30(33)36(24)27,34-22-28-16-4-10-25-13-7-19-31(34)37(25)28)35-23-29-17-5-11-26-14-8-20-32(35)38(26)29;1-5-9-13-17(14-10-6-2,15-11-7-3)16-12-8-4/h3-20,33-35H,2,21-23H2,1H3;5-16H2,1-4H3/q-1;+1. The molecule has 0 heterocycles. The van der Waals surface area contributed by atoms with Crippen molar-refractivity contribution in [3.05, 3.63) is 143 Å². The van der Waals surface area contributed by atoms with Crippen LogP contribution in [0.2, 0.25) is 6.32 Å². The van der Waals surface area contributed by atoms with Gasteiger partial charge in [-0.05, 0) is 74.7 Å². The topological polar surface area (TPSA) is 0 Å². The SMILES string of the molecule is CCCC[N+](CCCC)(CCCC)CCCC.CC[B-](C1Cc2cccc3cccc1c23)(C1Cc2cccc3cccc1c23)C1Cc2cccc3cccc1c23. The molecular weight excluding hydrogens is 673 g/mol. The van der Waals surface area contributed by atoms with E-state index in [1.54, 1.807) is 49.5 Å². The van der Waals surface area contributed by atoms with Crippen LogP contribution in [0.4, 0.5) is 0 Å². The average molecular weight is 742 g/mol. The quantitative estimate of drug-likeness (QED) is 0.0684. The van der Waals surface area contributed by atoms with Crippen molar-refractivity contribution < 1.29 is 4.48 Å². The summed E-state index contributed by atoms with van der Waals surface area (Å²) < 4.78 is 1.42. The summed E-state index contributed by atoms with van der Waals surface area (Å²) in [6.45, 7) is 17.6. The second-order valence-corrected chi connectivity index (χ2v) is 18.4. The minimum atomic E-state index is -0.882. The zero-order valence-electron chi connectivity index (χ0n) is 35.5. The summed E-state index contributed by atoms with van der Waals surface area (Å²) in [6.07, 6.45) is 14.9. The molecule has 1 nitrogen and oxygen atoms in total. The van der Waals surface area contributed by atoms with E-state index in [1.807, 2.05) is 0 Å². The summed E-state index contributed by atoms with van der Waals surface area (Å²) in [7, 11) is 0. The maximum Gasteiger partial charge on any atom is 0.0786 e. The average Bonchev–Trinajstić information content (AvgIpc) is 3.94. The van der Waals surface area contributed by atoms with Gasteiger partial charge < -0.3 is 4.48 Å². The van der Waals surface area contributed by atoms with E-state index >= 15 is 0 Å². The number of hydrogen-bond donors (Lipinski definition) is 0. The van der Waals surface area contributed by atoms with Crippen molar-refractivity contribution in [1.82, 2.24) is 0 Å². The van der Waals surface area contributed by atoms with Gasteiger partial charge in [-0.3, -0.25) is 0 Å². The van der Waals surface area contributed by atoms with Crippen molar-refractivity contribution in [2.24, 2.45) is 0 Å². The molecule has 0 N–H and O–H groups in total. The van der Waals surface area contributed by atoms with Crippen molar-refractivity contribution in [3.8, 4) is 0 Å². The molecule has 0 aliphatic heterocycles. The van der Waals surface area contributed by atoms with Gasteiger partial charge in [0.25, 0.3) is 0 Å². The molecule has 0 aromatic heterocycles. The minimum Gasteiger partial charge on any atom is -0.324 e. The van der Waals surface area contributed by atoms with Crippen molar-refractivity contribution >= 4 is 38.5 Å². The van der Waals surface area contributed by atoms with Gasteiger partial charge in [0.15, 0.2) is 0 Å². The van der Waals surface area contributed by atoms with Crippen LogP contribution in [0, 0.1) is 0 Å². The Morgan fingerprint density at radius 3 is 0.964 bits per heavy atom. The largest absolute Gasteiger partial charge is 0.324 e. The smallest absolute Gasteiger partial charge is 0.0786 e. The Hall–Kier alpha value is -3.88. The number of hydrogen-bond acceptors (Lipinski definition) is 0. The highest BCUT2D eigenvalue weighted by Crippen LogP contribution is 2.60. The van der Waals surface area contributed by atoms with Crippen molar-refractivity contribution in [2.75, 3.05) is 26.2 Å². The highest BCUT2D eigenvalue weighted by molar-refractivity contribution is 6.84. The van der Waals surface area contributed by atoms with Gasteiger partial charge in [0, 0.05) is 6.15 Å². The molecule has 2 heteroatoms. The van der Waals surface area contributed by atoms with Crippen LogP contribution in [0.15, 0.2) is 109 Å². The molecule has 0 radical (unpaired) electrons. The first-order chi connectivity index (χ1) is 27.5.